The van der Waals surface area contributed by atoms with Gasteiger partial charge in [-0.15, -0.1) is 0 Å². The first-order valence-electron chi connectivity index (χ1n) is 9.79. The Morgan fingerprint density at radius 2 is 1.80 bits per heavy atom. The standard InChI is InChI=1S/C23H22ClN3O3/c24-21-11-8-18(13-20(21)23(30)26-17-4-2-1-3-5-17)27-22(29)16(14-25)12-15-6-9-19(28)10-7-15/h6-13,17,28H,1-5H2,(H,26,30)(H,27,29)/b16-12-. The molecule has 0 aliphatic heterocycles. The molecule has 2 aromatic carbocycles. The first-order valence-corrected chi connectivity index (χ1v) is 10.2. The van der Waals surface area contributed by atoms with Crippen LogP contribution in [-0.4, -0.2) is 23.0 Å². The van der Waals surface area contributed by atoms with Crippen molar-refractivity contribution in [2.45, 2.75) is 38.1 Å². The number of phenols is 1. The maximum Gasteiger partial charge on any atom is 0.266 e. The molecule has 0 atom stereocenters. The number of carbonyl (C=O) groups is 2. The molecule has 0 bridgehead atoms. The molecule has 0 unspecified atom stereocenters. The summed E-state index contributed by atoms with van der Waals surface area (Å²) in [5.74, 6) is -0.787. The third-order valence-corrected chi connectivity index (χ3v) is 5.31. The van der Waals surface area contributed by atoms with Crippen LogP contribution in [0.2, 0.25) is 5.02 Å². The second-order valence-electron chi connectivity index (χ2n) is 7.22. The fourth-order valence-electron chi connectivity index (χ4n) is 3.37. The summed E-state index contributed by atoms with van der Waals surface area (Å²) in [5.41, 5.74) is 1.14. The quantitative estimate of drug-likeness (QED) is 0.481. The lowest BCUT2D eigenvalue weighted by atomic mass is 9.95. The second-order valence-corrected chi connectivity index (χ2v) is 7.63. The van der Waals surface area contributed by atoms with Crippen LogP contribution in [0.15, 0.2) is 48.0 Å². The summed E-state index contributed by atoms with van der Waals surface area (Å²) in [6.45, 7) is 0. The Balaban J connectivity index is 1.73. The van der Waals surface area contributed by atoms with E-state index in [2.05, 4.69) is 10.6 Å². The minimum atomic E-state index is -0.605. The van der Waals surface area contributed by atoms with Crippen LogP contribution < -0.4 is 10.6 Å². The maximum atomic E-state index is 12.6. The summed E-state index contributed by atoms with van der Waals surface area (Å²) in [7, 11) is 0. The van der Waals surface area contributed by atoms with Gasteiger partial charge >= 0.3 is 0 Å². The number of anilines is 1. The molecule has 0 heterocycles. The van der Waals surface area contributed by atoms with Crippen molar-refractivity contribution in [2.24, 2.45) is 0 Å². The van der Waals surface area contributed by atoms with E-state index in [-0.39, 0.29) is 28.8 Å². The largest absolute Gasteiger partial charge is 0.508 e. The van der Waals surface area contributed by atoms with E-state index in [0.29, 0.717) is 16.3 Å². The van der Waals surface area contributed by atoms with E-state index in [4.69, 9.17) is 11.6 Å². The van der Waals surface area contributed by atoms with Crippen molar-refractivity contribution in [3.63, 3.8) is 0 Å². The highest BCUT2D eigenvalue weighted by molar-refractivity contribution is 6.34. The van der Waals surface area contributed by atoms with Gasteiger partial charge in [-0.2, -0.15) is 5.26 Å². The number of hydrogen-bond donors (Lipinski definition) is 3. The first kappa shape index (κ1) is 21.4. The lowest BCUT2D eigenvalue weighted by molar-refractivity contribution is -0.112. The topological polar surface area (TPSA) is 102 Å². The molecule has 2 amide bonds. The normalized spacial score (nSPS) is 14.6. The van der Waals surface area contributed by atoms with Crippen LogP contribution >= 0.6 is 11.6 Å². The van der Waals surface area contributed by atoms with Gasteiger partial charge in [-0.25, -0.2) is 0 Å². The zero-order valence-electron chi connectivity index (χ0n) is 16.3. The summed E-state index contributed by atoms with van der Waals surface area (Å²) in [6, 6.07) is 12.8. The minimum Gasteiger partial charge on any atom is -0.508 e. The minimum absolute atomic E-state index is 0.0929. The number of nitriles is 1. The zero-order chi connectivity index (χ0) is 21.5. The highest BCUT2D eigenvalue weighted by Crippen LogP contribution is 2.23. The van der Waals surface area contributed by atoms with Crippen LogP contribution in [0, 0.1) is 11.3 Å². The molecule has 3 rings (SSSR count). The number of aromatic hydroxyl groups is 1. The molecule has 1 fully saturated rings. The Morgan fingerprint density at radius 1 is 1.10 bits per heavy atom. The Kier molecular flexibility index (Phi) is 7.10. The smallest absolute Gasteiger partial charge is 0.266 e. The first-order chi connectivity index (χ1) is 14.5. The van der Waals surface area contributed by atoms with Crippen LogP contribution in [0.5, 0.6) is 5.75 Å². The van der Waals surface area contributed by atoms with Gasteiger partial charge in [0.05, 0.1) is 10.6 Å². The van der Waals surface area contributed by atoms with E-state index < -0.39 is 5.91 Å². The molecule has 1 aliphatic carbocycles. The van der Waals surface area contributed by atoms with Crippen LogP contribution in [0.25, 0.3) is 6.08 Å². The second kappa shape index (κ2) is 9.95. The molecule has 1 aliphatic rings. The van der Waals surface area contributed by atoms with Gasteiger partial charge in [0.25, 0.3) is 11.8 Å². The Hall–Kier alpha value is -3.30. The Morgan fingerprint density at radius 3 is 2.47 bits per heavy atom. The third-order valence-electron chi connectivity index (χ3n) is 4.98. The third kappa shape index (κ3) is 5.62. The van der Waals surface area contributed by atoms with Crippen molar-refractivity contribution in [2.75, 3.05) is 5.32 Å². The van der Waals surface area contributed by atoms with Gasteiger partial charge in [-0.05, 0) is 54.8 Å². The monoisotopic (exact) mass is 423 g/mol. The van der Waals surface area contributed by atoms with Crippen LogP contribution in [0.1, 0.15) is 48.0 Å². The van der Waals surface area contributed by atoms with E-state index in [1.165, 1.54) is 30.7 Å². The molecular weight excluding hydrogens is 402 g/mol. The fourth-order valence-corrected chi connectivity index (χ4v) is 3.57. The number of halogens is 1. The van der Waals surface area contributed by atoms with E-state index in [0.717, 1.165) is 25.7 Å². The van der Waals surface area contributed by atoms with Gasteiger partial charge in [-0.1, -0.05) is 43.0 Å². The molecular formula is C23H22ClN3O3. The summed E-state index contributed by atoms with van der Waals surface area (Å²) in [6.07, 6.45) is 6.70. The van der Waals surface area contributed by atoms with Crippen LogP contribution in [0.3, 0.4) is 0 Å². The molecule has 2 aromatic rings. The summed E-state index contributed by atoms with van der Waals surface area (Å²) < 4.78 is 0. The van der Waals surface area contributed by atoms with Crippen LogP contribution in [0.4, 0.5) is 5.69 Å². The van der Waals surface area contributed by atoms with E-state index in [1.54, 1.807) is 24.3 Å². The molecule has 3 N–H and O–H groups in total. The maximum absolute atomic E-state index is 12.6. The number of phenolic OH excluding ortho intramolecular Hbond substituents is 1. The molecule has 0 radical (unpaired) electrons. The molecule has 1 saturated carbocycles. The number of nitrogens with zero attached hydrogens (tertiary/aromatic N) is 1. The van der Waals surface area contributed by atoms with E-state index >= 15 is 0 Å². The van der Waals surface area contributed by atoms with Crippen molar-refractivity contribution in [3.05, 3.63) is 64.2 Å². The molecule has 6 nitrogen and oxygen atoms in total. The highest BCUT2D eigenvalue weighted by Gasteiger charge is 2.19. The van der Waals surface area contributed by atoms with Gasteiger partial charge in [0.2, 0.25) is 0 Å². The molecule has 154 valence electrons. The number of rotatable bonds is 5. The molecule has 7 heteroatoms. The number of hydrogen-bond acceptors (Lipinski definition) is 4. The number of amides is 2. The molecule has 0 spiro atoms. The van der Waals surface area contributed by atoms with Gasteiger partial charge in [-0.3, -0.25) is 9.59 Å². The van der Waals surface area contributed by atoms with Gasteiger partial charge in [0, 0.05) is 11.7 Å². The Bertz CT molecular complexity index is 1000. The number of nitrogens with one attached hydrogen (secondary N) is 2. The Labute approximate surface area is 180 Å². The van der Waals surface area contributed by atoms with Gasteiger partial charge in [0.1, 0.15) is 17.4 Å². The van der Waals surface area contributed by atoms with Crippen LogP contribution in [-0.2, 0) is 4.79 Å². The average molecular weight is 424 g/mol. The summed E-state index contributed by atoms with van der Waals surface area (Å²) >= 11 is 6.20. The SMILES string of the molecule is N#C/C(=C/c1ccc(O)cc1)C(=O)Nc1ccc(Cl)c(C(=O)NC2CCCCC2)c1. The van der Waals surface area contributed by atoms with E-state index in [9.17, 15) is 20.0 Å². The molecule has 30 heavy (non-hydrogen) atoms. The van der Waals surface area contributed by atoms with Crippen molar-refractivity contribution in [1.82, 2.24) is 5.32 Å². The summed E-state index contributed by atoms with van der Waals surface area (Å²) in [5, 5.41) is 24.6. The lowest BCUT2D eigenvalue weighted by Gasteiger charge is -2.23. The van der Waals surface area contributed by atoms with Gasteiger partial charge in [0.15, 0.2) is 0 Å². The number of carbonyl (C=O) groups excluding carboxylic acids is 2. The van der Waals surface area contributed by atoms with Crippen molar-refractivity contribution in [3.8, 4) is 11.8 Å². The van der Waals surface area contributed by atoms with Crippen molar-refractivity contribution < 1.29 is 14.7 Å². The molecule has 0 aromatic heterocycles. The molecule has 0 saturated heterocycles. The highest BCUT2D eigenvalue weighted by atomic mass is 35.5. The van der Waals surface area contributed by atoms with E-state index in [1.807, 2.05) is 6.07 Å². The van der Waals surface area contributed by atoms with Gasteiger partial charge < -0.3 is 15.7 Å². The van der Waals surface area contributed by atoms with Crippen molar-refractivity contribution in [1.29, 1.82) is 5.26 Å². The lowest BCUT2D eigenvalue weighted by Crippen LogP contribution is -2.36. The fraction of sp³-hybridized carbons (Fsp3) is 0.261. The zero-order valence-corrected chi connectivity index (χ0v) is 17.1. The predicted octanol–water partition coefficient (Wildman–Crippen LogP) is 4.65. The number of benzene rings is 2. The predicted molar refractivity (Wildman–Crippen MR) is 116 cm³/mol. The average Bonchev–Trinajstić information content (AvgIpc) is 2.75. The summed E-state index contributed by atoms with van der Waals surface area (Å²) in [4.78, 5) is 25.2. The van der Waals surface area contributed by atoms with Crippen molar-refractivity contribution >= 4 is 35.2 Å².